The molecule has 1 aliphatic carbocycles. The molecule has 1 aromatic carbocycles. The Morgan fingerprint density at radius 1 is 1.32 bits per heavy atom. The molecule has 0 saturated heterocycles. The molecule has 1 heterocycles. The molecule has 1 fully saturated rings. The fourth-order valence-electron chi connectivity index (χ4n) is 2.25. The molecule has 22 heavy (non-hydrogen) atoms. The average molecular weight is 300 g/mol. The summed E-state index contributed by atoms with van der Waals surface area (Å²) in [5, 5.41) is 11.8. The Morgan fingerprint density at radius 3 is 2.68 bits per heavy atom. The van der Waals surface area contributed by atoms with Gasteiger partial charge in [0.15, 0.2) is 5.89 Å². The van der Waals surface area contributed by atoms with Crippen LogP contribution in [0.15, 0.2) is 22.6 Å². The number of carboxylic acid groups (broad SMARTS) is 1. The lowest BCUT2D eigenvalue weighted by Crippen LogP contribution is -2.13. The first kappa shape index (κ1) is 14.3. The normalized spacial score (nSPS) is 13.9. The molecule has 2 aromatic rings. The third kappa shape index (κ3) is 2.72. The molecule has 0 spiro atoms. The van der Waals surface area contributed by atoms with Gasteiger partial charge in [0, 0.05) is 11.6 Å². The highest BCUT2D eigenvalue weighted by Gasteiger charge is 2.30. The summed E-state index contributed by atoms with van der Waals surface area (Å²) in [6.45, 7) is 3.43. The van der Waals surface area contributed by atoms with Gasteiger partial charge in [-0.05, 0) is 44.4 Å². The van der Waals surface area contributed by atoms with Crippen molar-refractivity contribution in [1.82, 2.24) is 4.98 Å². The third-order valence-electron chi connectivity index (χ3n) is 3.67. The molecule has 1 amide bonds. The first-order valence-electron chi connectivity index (χ1n) is 7.08. The summed E-state index contributed by atoms with van der Waals surface area (Å²) in [7, 11) is 0. The zero-order chi connectivity index (χ0) is 15.9. The number of carbonyl (C=O) groups is 2. The van der Waals surface area contributed by atoms with Crippen molar-refractivity contribution in [2.24, 2.45) is 0 Å². The minimum absolute atomic E-state index is 0.158. The van der Waals surface area contributed by atoms with Crippen LogP contribution < -0.4 is 5.32 Å². The zero-order valence-electron chi connectivity index (χ0n) is 12.3. The van der Waals surface area contributed by atoms with Crippen LogP contribution in [-0.4, -0.2) is 22.0 Å². The zero-order valence-corrected chi connectivity index (χ0v) is 12.3. The number of carboxylic acids is 1. The van der Waals surface area contributed by atoms with Gasteiger partial charge in [0.25, 0.3) is 5.91 Å². The van der Waals surface area contributed by atoms with Gasteiger partial charge in [-0.25, -0.2) is 9.78 Å². The topological polar surface area (TPSA) is 92.4 Å². The highest BCUT2D eigenvalue weighted by Crippen LogP contribution is 2.40. The lowest BCUT2D eigenvalue weighted by atomic mass is 10.1. The molecular formula is C16H16N2O4. The van der Waals surface area contributed by atoms with E-state index in [4.69, 9.17) is 9.52 Å². The van der Waals surface area contributed by atoms with Crippen molar-refractivity contribution in [1.29, 1.82) is 0 Å². The second kappa shape index (κ2) is 5.29. The number of aryl methyl sites for hydroxylation is 2. The molecule has 3 rings (SSSR count). The quantitative estimate of drug-likeness (QED) is 0.905. The number of rotatable bonds is 4. The summed E-state index contributed by atoms with van der Waals surface area (Å²) in [4.78, 5) is 27.7. The number of anilines is 1. The molecule has 1 aliphatic rings. The van der Waals surface area contributed by atoms with Gasteiger partial charge >= 0.3 is 5.97 Å². The summed E-state index contributed by atoms with van der Waals surface area (Å²) < 4.78 is 5.53. The molecule has 6 nitrogen and oxygen atoms in total. The largest absolute Gasteiger partial charge is 0.478 e. The Morgan fingerprint density at radius 2 is 2.05 bits per heavy atom. The average Bonchev–Trinajstić information content (AvgIpc) is 3.23. The standard InChI is InChI=1S/C16H16N2O4/c1-8-3-6-11(7-12(8)16(20)21)18-14(19)13-9(2)17-15(22-13)10-4-5-10/h3,6-7,10H,4-5H2,1-2H3,(H,18,19)(H,20,21). The van der Waals surface area contributed by atoms with Crippen LogP contribution in [-0.2, 0) is 0 Å². The van der Waals surface area contributed by atoms with E-state index < -0.39 is 11.9 Å². The SMILES string of the molecule is Cc1ccc(NC(=O)c2oc(C3CC3)nc2C)cc1C(=O)O. The van der Waals surface area contributed by atoms with Gasteiger partial charge in [-0.3, -0.25) is 4.79 Å². The first-order chi connectivity index (χ1) is 10.5. The van der Waals surface area contributed by atoms with E-state index in [1.165, 1.54) is 6.07 Å². The number of aromatic carboxylic acids is 1. The number of hydrogen-bond donors (Lipinski definition) is 2. The van der Waals surface area contributed by atoms with Crippen LogP contribution in [0.5, 0.6) is 0 Å². The van der Waals surface area contributed by atoms with Gasteiger partial charge in [0.1, 0.15) is 0 Å². The smallest absolute Gasteiger partial charge is 0.336 e. The minimum Gasteiger partial charge on any atom is -0.478 e. The van der Waals surface area contributed by atoms with E-state index in [9.17, 15) is 9.59 Å². The number of benzene rings is 1. The maximum absolute atomic E-state index is 12.3. The Bertz CT molecular complexity index is 760. The van der Waals surface area contributed by atoms with Crippen LogP contribution in [0.3, 0.4) is 0 Å². The molecule has 0 bridgehead atoms. The molecule has 0 radical (unpaired) electrons. The minimum atomic E-state index is -1.03. The lowest BCUT2D eigenvalue weighted by Gasteiger charge is -2.06. The van der Waals surface area contributed by atoms with Gasteiger partial charge in [0.05, 0.1) is 11.3 Å². The number of amides is 1. The monoisotopic (exact) mass is 300 g/mol. The Kier molecular flexibility index (Phi) is 3.44. The fourth-order valence-corrected chi connectivity index (χ4v) is 2.25. The van der Waals surface area contributed by atoms with Gasteiger partial charge < -0.3 is 14.8 Å². The fraction of sp³-hybridized carbons (Fsp3) is 0.312. The van der Waals surface area contributed by atoms with E-state index in [-0.39, 0.29) is 11.3 Å². The molecule has 0 atom stereocenters. The van der Waals surface area contributed by atoms with Gasteiger partial charge in [0.2, 0.25) is 5.76 Å². The Labute approximate surface area is 127 Å². The van der Waals surface area contributed by atoms with E-state index in [1.54, 1.807) is 26.0 Å². The number of carbonyl (C=O) groups excluding carboxylic acids is 1. The second-order valence-electron chi connectivity index (χ2n) is 5.53. The van der Waals surface area contributed by atoms with Crippen molar-refractivity contribution in [3.63, 3.8) is 0 Å². The molecule has 114 valence electrons. The van der Waals surface area contributed by atoms with E-state index in [0.717, 1.165) is 12.8 Å². The molecule has 1 saturated carbocycles. The van der Waals surface area contributed by atoms with Crippen LogP contribution in [0, 0.1) is 13.8 Å². The summed E-state index contributed by atoms with van der Waals surface area (Å²) in [6, 6.07) is 4.75. The summed E-state index contributed by atoms with van der Waals surface area (Å²) in [5.41, 5.74) is 1.75. The Balaban J connectivity index is 1.82. The van der Waals surface area contributed by atoms with Crippen molar-refractivity contribution >= 4 is 17.6 Å². The lowest BCUT2D eigenvalue weighted by molar-refractivity contribution is 0.0695. The molecule has 0 unspecified atom stereocenters. The molecule has 6 heteroatoms. The highest BCUT2D eigenvalue weighted by molar-refractivity contribution is 6.03. The first-order valence-corrected chi connectivity index (χ1v) is 7.08. The van der Waals surface area contributed by atoms with Crippen LogP contribution in [0.2, 0.25) is 0 Å². The van der Waals surface area contributed by atoms with Gasteiger partial charge in [-0.1, -0.05) is 6.07 Å². The van der Waals surface area contributed by atoms with Gasteiger partial charge in [-0.15, -0.1) is 0 Å². The van der Waals surface area contributed by atoms with Crippen molar-refractivity contribution < 1.29 is 19.1 Å². The van der Waals surface area contributed by atoms with Crippen LogP contribution in [0.1, 0.15) is 56.8 Å². The van der Waals surface area contributed by atoms with Crippen LogP contribution >= 0.6 is 0 Å². The van der Waals surface area contributed by atoms with E-state index in [1.807, 2.05) is 0 Å². The van der Waals surface area contributed by atoms with Crippen molar-refractivity contribution in [3.8, 4) is 0 Å². The van der Waals surface area contributed by atoms with E-state index in [2.05, 4.69) is 10.3 Å². The third-order valence-corrected chi connectivity index (χ3v) is 3.67. The predicted octanol–water partition coefficient (Wildman–Crippen LogP) is 3.12. The molecular weight excluding hydrogens is 284 g/mol. The number of hydrogen-bond acceptors (Lipinski definition) is 4. The maximum Gasteiger partial charge on any atom is 0.336 e. The second-order valence-corrected chi connectivity index (χ2v) is 5.53. The summed E-state index contributed by atoms with van der Waals surface area (Å²) in [6.07, 6.45) is 2.09. The van der Waals surface area contributed by atoms with Crippen LogP contribution in [0.25, 0.3) is 0 Å². The van der Waals surface area contributed by atoms with Gasteiger partial charge in [-0.2, -0.15) is 0 Å². The van der Waals surface area contributed by atoms with Crippen molar-refractivity contribution in [2.75, 3.05) is 5.32 Å². The number of nitrogens with one attached hydrogen (secondary N) is 1. The highest BCUT2D eigenvalue weighted by atomic mass is 16.4. The maximum atomic E-state index is 12.3. The van der Waals surface area contributed by atoms with E-state index >= 15 is 0 Å². The summed E-state index contributed by atoms with van der Waals surface area (Å²) >= 11 is 0. The van der Waals surface area contributed by atoms with Crippen molar-refractivity contribution in [2.45, 2.75) is 32.6 Å². The van der Waals surface area contributed by atoms with Crippen molar-refractivity contribution in [3.05, 3.63) is 46.7 Å². The predicted molar refractivity (Wildman–Crippen MR) is 79.3 cm³/mol. The molecule has 2 N–H and O–H groups in total. The number of aromatic nitrogens is 1. The molecule has 1 aromatic heterocycles. The number of oxazole rings is 1. The molecule has 0 aliphatic heterocycles. The summed E-state index contributed by atoms with van der Waals surface area (Å²) in [5.74, 6) is -0.326. The van der Waals surface area contributed by atoms with Crippen LogP contribution in [0.4, 0.5) is 5.69 Å². The van der Waals surface area contributed by atoms with E-state index in [0.29, 0.717) is 28.8 Å². The number of nitrogens with zero attached hydrogens (tertiary/aromatic N) is 1. The Hall–Kier alpha value is -2.63.